The van der Waals surface area contributed by atoms with Crippen molar-refractivity contribution in [2.24, 2.45) is 11.8 Å². The van der Waals surface area contributed by atoms with Gasteiger partial charge < -0.3 is 4.90 Å². The van der Waals surface area contributed by atoms with Crippen molar-refractivity contribution in [3.63, 3.8) is 0 Å². The van der Waals surface area contributed by atoms with Crippen molar-refractivity contribution >= 4 is 0 Å². The molecule has 1 aliphatic carbocycles. The van der Waals surface area contributed by atoms with E-state index in [0.717, 1.165) is 17.9 Å². The number of likely N-dealkylation sites (tertiary alicyclic amines) is 1. The van der Waals surface area contributed by atoms with Crippen molar-refractivity contribution < 1.29 is 0 Å². The Bertz CT molecular complexity index is 170. The van der Waals surface area contributed by atoms with Crippen LogP contribution in [0.5, 0.6) is 0 Å². The molecule has 0 amide bonds. The van der Waals surface area contributed by atoms with Crippen LogP contribution in [-0.4, -0.2) is 24.0 Å². The molecule has 1 aliphatic heterocycles. The summed E-state index contributed by atoms with van der Waals surface area (Å²) in [7, 11) is 0. The molecule has 0 radical (unpaired) electrons. The van der Waals surface area contributed by atoms with Crippen LogP contribution in [0, 0.1) is 11.8 Å². The first-order valence-corrected chi connectivity index (χ1v) is 6.53. The lowest BCUT2D eigenvalue weighted by molar-refractivity contribution is 0.137. The Morgan fingerprint density at radius 2 is 1.79 bits per heavy atom. The Balaban J connectivity index is 1.79. The second-order valence-electron chi connectivity index (χ2n) is 5.46. The van der Waals surface area contributed by atoms with Gasteiger partial charge in [-0.25, -0.2) is 0 Å². The molecule has 0 aromatic carbocycles. The van der Waals surface area contributed by atoms with E-state index < -0.39 is 0 Å². The van der Waals surface area contributed by atoms with Crippen molar-refractivity contribution in [3.8, 4) is 0 Å². The average Bonchev–Trinajstić information content (AvgIpc) is 2.67. The molecule has 0 bridgehead atoms. The Hall–Kier alpha value is -0.0400. The zero-order chi connectivity index (χ0) is 9.97. The molecule has 2 aliphatic rings. The molecule has 82 valence electrons. The summed E-state index contributed by atoms with van der Waals surface area (Å²) < 4.78 is 0. The van der Waals surface area contributed by atoms with Crippen LogP contribution in [0.15, 0.2) is 0 Å². The summed E-state index contributed by atoms with van der Waals surface area (Å²) in [5.41, 5.74) is 0. The predicted molar refractivity (Wildman–Crippen MR) is 61.4 cm³/mol. The first-order valence-electron chi connectivity index (χ1n) is 6.53. The van der Waals surface area contributed by atoms with Crippen molar-refractivity contribution in [2.75, 3.05) is 13.1 Å². The van der Waals surface area contributed by atoms with E-state index in [-0.39, 0.29) is 0 Å². The van der Waals surface area contributed by atoms with E-state index in [1.807, 2.05) is 0 Å². The molecular weight excluding hydrogens is 170 g/mol. The molecular formula is C13H25N. The van der Waals surface area contributed by atoms with Gasteiger partial charge in [0, 0.05) is 6.04 Å². The lowest BCUT2D eigenvalue weighted by Gasteiger charge is -2.35. The lowest BCUT2D eigenvalue weighted by Crippen LogP contribution is -2.39. The van der Waals surface area contributed by atoms with Gasteiger partial charge in [-0.1, -0.05) is 20.3 Å². The highest BCUT2D eigenvalue weighted by Gasteiger charge is 2.29. The molecule has 2 fully saturated rings. The van der Waals surface area contributed by atoms with E-state index in [1.54, 1.807) is 0 Å². The van der Waals surface area contributed by atoms with Crippen LogP contribution in [0.25, 0.3) is 0 Å². The van der Waals surface area contributed by atoms with Gasteiger partial charge in [-0.15, -0.1) is 0 Å². The third kappa shape index (κ3) is 2.31. The molecule has 1 nitrogen and oxygen atoms in total. The first-order chi connectivity index (χ1) is 6.79. The Morgan fingerprint density at radius 1 is 1.07 bits per heavy atom. The summed E-state index contributed by atoms with van der Waals surface area (Å²) in [6.07, 6.45) is 8.74. The number of rotatable bonds is 2. The van der Waals surface area contributed by atoms with Crippen molar-refractivity contribution in [1.29, 1.82) is 0 Å². The largest absolute Gasteiger partial charge is 0.300 e. The quantitative estimate of drug-likeness (QED) is 0.653. The second-order valence-corrected chi connectivity index (χ2v) is 5.46. The molecule has 0 aromatic heterocycles. The highest BCUT2D eigenvalue weighted by atomic mass is 15.2. The van der Waals surface area contributed by atoms with E-state index >= 15 is 0 Å². The SMILES string of the molecule is CCC1CCC(N2CCC(C)CC2)C1. The van der Waals surface area contributed by atoms with Gasteiger partial charge in [0.05, 0.1) is 0 Å². The van der Waals surface area contributed by atoms with Crippen LogP contribution in [0.2, 0.25) is 0 Å². The maximum absolute atomic E-state index is 2.77. The lowest BCUT2D eigenvalue weighted by atomic mass is 9.97. The van der Waals surface area contributed by atoms with E-state index in [4.69, 9.17) is 0 Å². The van der Waals surface area contributed by atoms with Crippen LogP contribution in [0.4, 0.5) is 0 Å². The highest BCUT2D eigenvalue weighted by molar-refractivity contribution is 4.84. The minimum absolute atomic E-state index is 0.951. The molecule has 14 heavy (non-hydrogen) atoms. The van der Waals surface area contributed by atoms with Gasteiger partial charge >= 0.3 is 0 Å². The average molecular weight is 195 g/mol. The molecule has 1 saturated carbocycles. The van der Waals surface area contributed by atoms with Gasteiger partial charge in [-0.05, 0) is 57.0 Å². The fourth-order valence-electron chi connectivity index (χ4n) is 3.14. The van der Waals surface area contributed by atoms with E-state index in [0.29, 0.717) is 0 Å². The predicted octanol–water partition coefficient (Wildman–Crippen LogP) is 3.30. The first kappa shape index (κ1) is 10.5. The van der Waals surface area contributed by atoms with Crippen molar-refractivity contribution in [1.82, 2.24) is 4.90 Å². The van der Waals surface area contributed by atoms with Crippen LogP contribution < -0.4 is 0 Å². The van der Waals surface area contributed by atoms with Crippen LogP contribution in [-0.2, 0) is 0 Å². The van der Waals surface area contributed by atoms with Gasteiger partial charge in [0.25, 0.3) is 0 Å². The number of piperidine rings is 1. The zero-order valence-electron chi connectivity index (χ0n) is 9.84. The number of nitrogens with zero attached hydrogens (tertiary/aromatic N) is 1. The Morgan fingerprint density at radius 3 is 2.36 bits per heavy atom. The summed E-state index contributed by atoms with van der Waals surface area (Å²) in [6.45, 7) is 7.51. The summed E-state index contributed by atoms with van der Waals surface area (Å²) >= 11 is 0. The summed E-state index contributed by atoms with van der Waals surface area (Å²) in [6, 6.07) is 0.951. The van der Waals surface area contributed by atoms with Gasteiger partial charge in [0.15, 0.2) is 0 Å². The normalized spacial score (nSPS) is 36.4. The van der Waals surface area contributed by atoms with Gasteiger partial charge in [0.1, 0.15) is 0 Å². The molecule has 0 spiro atoms. The summed E-state index contributed by atoms with van der Waals surface area (Å²) in [4.78, 5) is 2.77. The number of hydrogen-bond acceptors (Lipinski definition) is 1. The molecule has 2 unspecified atom stereocenters. The second kappa shape index (κ2) is 4.65. The maximum Gasteiger partial charge on any atom is 0.00979 e. The fraction of sp³-hybridized carbons (Fsp3) is 1.00. The van der Waals surface area contributed by atoms with Crippen molar-refractivity contribution in [2.45, 2.75) is 58.4 Å². The minimum Gasteiger partial charge on any atom is -0.300 e. The standard InChI is InChI=1S/C13H25N/c1-3-12-4-5-13(10-12)14-8-6-11(2)7-9-14/h11-13H,3-10H2,1-2H3. The molecule has 2 atom stereocenters. The minimum atomic E-state index is 0.951. The Kier molecular flexibility index (Phi) is 3.48. The molecule has 1 heterocycles. The Labute approximate surface area is 88.9 Å². The summed E-state index contributed by atoms with van der Waals surface area (Å²) in [5.74, 6) is 2.02. The third-order valence-electron chi connectivity index (χ3n) is 4.43. The van der Waals surface area contributed by atoms with Gasteiger partial charge in [0.2, 0.25) is 0 Å². The smallest absolute Gasteiger partial charge is 0.00979 e. The zero-order valence-corrected chi connectivity index (χ0v) is 9.84. The van der Waals surface area contributed by atoms with Crippen molar-refractivity contribution in [3.05, 3.63) is 0 Å². The van der Waals surface area contributed by atoms with E-state index in [1.165, 1.54) is 51.6 Å². The monoisotopic (exact) mass is 195 g/mol. The summed E-state index contributed by atoms with van der Waals surface area (Å²) in [5, 5.41) is 0. The van der Waals surface area contributed by atoms with Gasteiger partial charge in [-0.2, -0.15) is 0 Å². The van der Waals surface area contributed by atoms with Crippen LogP contribution in [0.1, 0.15) is 52.4 Å². The van der Waals surface area contributed by atoms with Crippen LogP contribution in [0.3, 0.4) is 0 Å². The van der Waals surface area contributed by atoms with E-state index in [2.05, 4.69) is 18.7 Å². The van der Waals surface area contributed by atoms with Gasteiger partial charge in [-0.3, -0.25) is 0 Å². The topological polar surface area (TPSA) is 3.24 Å². The van der Waals surface area contributed by atoms with E-state index in [9.17, 15) is 0 Å². The number of hydrogen-bond donors (Lipinski definition) is 0. The maximum atomic E-state index is 2.77. The molecule has 1 saturated heterocycles. The van der Waals surface area contributed by atoms with Crippen LogP contribution >= 0.6 is 0 Å². The molecule has 1 heteroatoms. The molecule has 0 aromatic rings. The highest BCUT2D eigenvalue weighted by Crippen LogP contribution is 2.33. The fourth-order valence-corrected chi connectivity index (χ4v) is 3.14. The third-order valence-corrected chi connectivity index (χ3v) is 4.43. The molecule has 2 rings (SSSR count). The molecule has 0 N–H and O–H groups in total.